The van der Waals surface area contributed by atoms with Crippen molar-refractivity contribution in [3.63, 3.8) is 0 Å². The van der Waals surface area contributed by atoms with Gasteiger partial charge in [-0.3, -0.25) is 13.7 Å². The Kier molecular flexibility index (Phi) is 71.4. The molecule has 0 spiro atoms. The fourth-order valence-corrected chi connectivity index (χ4v) is 8.80. The van der Waals surface area contributed by atoms with E-state index in [1.54, 1.807) is 13.8 Å². The third-order valence-corrected chi connectivity index (χ3v) is 13.5. The second-order valence-corrected chi connectivity index (χ2v) is 22.3. The van der Waals surface area contributed by atoms with Gasteiger partial charge in [-0.1, -0.05) is 234 Å². The van der Waals surface area contributed by atoms with Crippen LogP contribution in [0.4, 0.5) is 0 Å². The van der Waals surface area contributed by atoms with E-state index in [9.17, 15) is 28.4 Å². The SMILES string of the molecule is CC(C)O.CCCCCCCCOP(=O)([O-])OCCCCCCCC.CCCCCCCCOP(=O)([O-])OCCCCCCCC.CCCCCCCCOP(=O)([O-])OCCCCCCCC.[Ti+3]. The number of hydrogen-bond acceptors (Lipinski definition) is 13. The maximum Gasteiger partial charge on any atom is 3.00 e. The molecule has 0 saturated carbocycles. The van der Waals surface area contributed by atoms with E-state index < -0.39 is 23.5 Å². The van der Waals surface area contributed by atoms with Gasteiger partial charge in [0.25, 0.3) is 23.5 Å². The first-order chi connectivity index (χ1) is 32.1. The van der Waals surface area contributed by atoms with E-state index in [4.69, 9.17) is 32.2 Å². The third-order valence-electron chi connectivity index (χ3n) is 10.5. The van der Waals surface area contributed by atoms with Gasteiger partial charge in [-0.15, -0.1) is 0 Å². The Morgan fingerprint density at radius 1 is 0.294 bits per heavy atom. The molecule has 0 heterocycles. The molecule has 0 rings (SSSR count). The summed E-state index contributed by atoms with van der Waals surface area (Å²) < 4.78 is 63.6. The van der Waals surface area contributed by atoms with Crippen LogP contribution in [0.2, 0.25) is 0 Å². The van der Waals surface area contributed by atoms with Crippen molar-refractivity contribution in [1.82, 2.24) is 0 Å². The van der Waals surface area contributed by atoms with Crippen molar-refractivity contribution in [2.75, 3.05) is 39.6 Å². The zero-order valence-corrected chi connectivity index (χ0v) is 49.7. The summed E-state index contributed by atoms with van der Waals surface area (Å²) in [6, 6.07) is 0. The predicted octanol–water partition coefficient (Wildman–Crippen LogP) is 16.0. The van der Waals surface area contributed by atoms with Gasteiger partial charge in [0.15, 0.2) is 0 Å². The van der Waals surface area contributed by atoms with Crippen molar-refractivity contribution < 1.29 is 82.3 Å². The van der Waals surface area contributed by atoms with Crippen LogP contribution in [0.3, 0.4) is 0 Å². The van der Waals surface area contributed by atoms with Crippen molar-refractivity contribution in [2.24, 2.45) is 0 Å². The number of aliphatic hydroxyl groups is 1. The van der Waals surface area contributed by atoms with E-state index in [0.717, 1.165) is 116 Å². The topological polar surface area (TPSA) is 196 Å². The van der Waals surface area contributed by atoms with E-state index in [1.165, 1.54) is 116 Å². The van der Waals surface area contributed by atoms with Crippen LogP contribution < -0.4 is 14.7 Å². The number of aliphatic hydroxyl groups excluding tert-OH is 1. The maximum absolute atomic E-state index is 11.5. The van der Waals surface area contributed by atoms with Gasteiger partial charge < -0.3 is 46.9 Å². The molecule has 411 valence electrons. The molecule has 0 aliphatic rings. The molecular formula is C51H110O13P3Ti. The van der Waals surface area contributed by atoms with Crippen LogP contribution in [0.1, 0.15) is 287 Å². The third kappa shape index (κ3) is 78.4. The standard InChI is InChI=1S/3C16H35O4P.C3H8O.Ti/c3*1-3-5-7-9-11-13-15-19-21(17,18)20-16-14-12-10-8-6-4-2;1-3(2)4;/h3*3-16H2,1-2H3,(H,17,18);3-4H,1-2H3;/q;;;;+3/p-3. The molecule has 0 atom stereocenters. The smallest absolute Gasteiger partial charge is 0.756 e. The van der Waals surface area contributed by atoms with Crippen LogP contribution in [0.5, 0.6) is 0 Å². The molecule has 0 aromatic carbocycles. The van der Waals surface area contributed by atoms with Gasteiger partial charge in [0.1, 0.15) is 0 Å². The Bertz CT molecular complexity index is 886. The molecule has 0 fully saturated rings. The van der Waals surface area contributed by atoms with Crippen molar-refractivity contribution in [1.29, 1.82) is 0 Å². The van der Waals surface area contributed by atoms with Gasteiger partial charge in [-0.2, -0.15) is 0 Å². The van der Waals surface area contributed by atoms with Crippen LogP contribution in [0.15, 0.2) is 0 Å². The first kappa shape index (κ1) is 77.9. The molecule has 13 nitrogen and oxygen atoms in total. The van der Waals surface area contributed by atoms with Crippen LogP contribution >= 0.6 is 23.5 Å². The monoisotopic (exact) mass is 1070 g/mol. The van der Waals surface area contributed by atoms with E-state index in [2.05, 4.69) is 41.5 Å². The normalized spacial score (nSPS) is 11.6. The number of rotatable bonds is 48. The molecule has 0 aliphatic carbocycles. The van der Waals surface area contributed by atoms with Crippen LogP contribution in [0, 0.1) is 0 Å². The summed E-state index contributed by atoms with van der Waals surface area (Å²) in [4.78, 5) is 34.5. The number of hydrogen-bond donors (Lipinski definition) is 1. The zero-order chi connectivity index (χ0) is 51.0. The molecule has 0 amide bonds. The summed E-state index contributed by atoms with van der Waals surface area (Å²) in [5.41, 5.74) is 0. The second kappa shape index (κ2) is 62.3. The summed E-state index contributed by atoms with van der Waals surface area (Å²) >= 11 is 0. The minimum Gasteiger partial charge on any atom is -0.756 e. The number of unbranched alkanes of at least 4 members (excludes halogenated alkanes) is 30. The largest absolute Gasteiger partial charge is 3.00 e. The zero-order valence-electron chi connectivity index (χ0n) is 45.5. The Hall–Kier alpha value is 1.00. The molecule has 1 N–H and O–H groups in total. The molecule has 0 aliphatic heterocycles. The predicted molar refractivity (Wildman–Crippen MR) is 276 cm³/mol. The average molecular weight is 1070 g/mol. The summed E-state index contributed by atoms with van der Waals surface area (Å²) in [7, 11) is -12.2. The van der Waals surface area contributed by atoms with E-state index in [0.29, 0.717) is 0 Å². The Labute approximate surface area is 436 Å². The van der Waals surface area contributed by atoms with E-state index in [-0.39, 0.29) is 67.5 Å². The van der Waals surface area contributed by atoms with Gasteiger partial charge in [-0.25, -0.2) is 0 Å². The van der Waals surface area contributed by atoms with Crippen LogP contribution in [0.25, 0.3) is 0 Å². The average Bonchev–Trinajstić information content (AvgIpc) is 3.27. The van der Waals surface area contributed by atoms with Crippen molar-refractivity contribution in [2.45, 2.75) is 293 Å². The van der Waals surface area contributed by atoms with Crippen molar-refractivity contribution >= 4 is 23.5 Å². The van der Waals surface area contributed by atoms with Crippen LogP contribution in [-0.4, -0.2) is 50.9 Å². The summed E-state index contributed by atoms with van der Waals surface area (Å²) in [5, 5.41) is 8.06. The molecule has 68 heavy (non-hydrogen) atoms. The molecule has 0 aromatic rings. The molecule has 1 radical (unpaired) electrons. The Balaban J connectivity index is -0.000000278. The Morgan fingerprint density at radius 3 is 0.515 bits per heavy atom. The second-order valence-electron chi connectivity index (χ2n) is 18.0. The van der Waals surface area contributed by atoms with Crippen molar-refractivity contribution in [3.8, 4) is 0 Å². The van der Waals surface area contributed by atoms with Gasteiger partial charge in [0.2, 0.25) is 0 Å². The molecule has 17 heteroatoms. The van der Waals surface area contributed by atoms with Gasteiger partial charge in [0, 0.05) is 6.10 Å². The van der Waals surface area contributed by atoms with Gasteiger partial charge >= 0.3 is 21.7 Å². The molecule has 0 aromatic heterocycles. The first-order valence-electron chi connectivity index (χ1n) is 27.6. The molecular weight excluding hydrogens is 961 g/mol. The fraction of sp³-hybridized carbons (Fsp3) is 1.00. The number of phosphoric acid groups is 3. The van der Waals surface area contributed by atoms with Gasteiger partial charge in [0.05, 0.1) is 39.6 Å². The fourth-order valence-electron chi connectivity index (χ4n) is 6.46. The van der Waals surface area contributed by atoms with Crippen LogP contribution in [-0.2, 0) is 62.6 Å². The maximum atomic E-state index is 11.5. The summed E-state index contributed by atoms with van der Waals surface area (Å²) in [5.74, 6) is 0. The molecule has 0 saturated heterocycles. The minimum absolute atomic E-state index is 0. The first-order valence-corrected chi connectivity index (χ1v) is 32.0. The molecule has 0 unspecified atom stereocenters. The number of phosphoric ester groups is 3. The summed E-state index contributed by atoms with van der Waals surface area (Å²) in [6.45, 7) is 18.0. The van der Waals surface area contributed by atoms with E-state index in [1.807, 2.05) is 0 Å². The minimum atomic E-state index is -4.07. The van der Waals surface area contributed by atoms with Gasteiger partial charge in [-0.05, 0) is 52.4 Å². The quantitative estimate of drug-likeness (QED) is 0.0344. The Morgan fingerprint density at radius 2 is 0.397 bits per heavy atom. The van der Waals surface area contributed by atoms with Crippen molar-refractivity contribution in [3.05, 3.63) is 0 Å². The van der Waals surface area contributed by atoms with E-state index >= 15 is 0 Å². The summed E-state index contributed by atoms with van der Waals surface area (Å²) in [6.07, 6.45) is 39.8. The molecule has 0 bridgehead atoms.